The van der Waals surface area contributed by atoms with E-state index in [9.17, 15) is 0 Å². The lowest BCUT2D eigenvalue weighted by Crippen LogP contribution is -1.98. The third kappa shape index (κ3) is 4.87. The van der Waals surface area contributed by atoms with Crippen LogP contribution in [0, 0.1) is 6.92 Å². The van der Waals surface area contributed by atoms with Crippen molar-refractivity contribution in [2.45, 2.75) is 18.2 Å². The van der Waals surface area contributed by atoms with Crippen LogP contribution in [0.2, 0.25) is 0 Å². The molecule has 0 bridgehead atoms. The molecule has 0 atom stereocenters. The Kier molecular flexibility index (Phi) is 5.16. The Morgan fingerprint density at radius 1 is 1.11 bits per heavy atom. The van der Waals surface area contributed by atoms with Gasteiger partial charge in [0.2, 0.25) is 0 Å². The van der Waals surface area contributed by atoms with E-state index in [1.165, 1.54) is 10.5 Å². The fraction of sp³-hybridized carbons (Fsp3) is 0.250. The van der Waals surface area contributed by atoms with E-state index in [0.717, 1.165) is 30.2 Å². The zero-order chi connectivity index (χ0) is 13.5. The van der Waals surface area contributed by atoms with E-state index in [0.29, 0.717) is 0 Å². The minimum Gasteiger partial charge on any atom is -0.494 e. The second kappa shape index (κ2) is 7.10. The highest BCUT2D eigenvalue weighted by atomic mass is 32.2. The Balaban J connectivity index is 1.66. The van der Waals surface area contributed by atoms with Crippen LogP contribution in [-0.4, -0.2) is 12.4 Å². The van der Waals surface area contributed by atoms with Gasteiger partial charge in [-0.25, -0.2) is 0 Å². The fourth-order valence-electron chi connectivity index (χ4n) is 1.71. The smallest absolute Gasteiger partial charge is 0.119 e. The van der Waals surface area contributed by atoms with Gasteiger partial charge in [-0.1, -0.05) is 12.1 Å². The van der Waals surface area contributed by atoms with Crippen LogP contribution in [0.3, 0.4) is 0 Å². The summed E-state index contributed by atoms with van der Waals surface area (Å²) in [5.41, 5.74) is 7.69. The number of anilines is 1. The Bertz CT molecular complexity index is 510. The van der Waals surface area contributed by atoms with Crippen LogP contribution < -0.4 is 10.5 Å². The molecule has 0 unspecified atom stereocenters. The highest BCUT2D eigenvalue weighted by Crippen LogP contribution is 2.20. The van der Waals surface area contributed by atoms with Gasteiger partial charge in [0.25, 0.3) is 0 Å². The summed E-state index contributed by atoms with van der Waals surface area (Å²) in [6.07, 6.45) is 1.03. The van der Waals surface area contributed by atoms with Crippen molar-refractivity contribution in [1.82, 2.24) is 0 Å². The van der Waals surface area contributed by atoms with Gasteiger partial charge in [0.05, 0.1) is 6.61 Å². The highest BCUT2D eigenvalue weighted by Gasteiger charge is 1.96. The SMILES string of the molecule is Cc1cccc(OCCCSc2ccc(N)cc2)c1. The summed E-state index contributed by atoms with van der Waals surface area (Å²) in [6, 6.07) is 16.1. The molecular formula is C16H19NOS. The zero-order valence-corrected chi connectivity index (χ0v) is 12.0. The van der Waals surface area contributed by atoms with Crippen molar-refractivity contribution in [3.63, 3.8) is 0 Å². The Morgan fingerprint density at radius 2 is 1.89 bits per heavy atom. The number of nitrogens with two attached hydrogens (primary N) is 1. The van der Waals surface area contributed by atoms with E-state index in [1.54, 1.807) is 0 Å². The molecule has 2 rings (SSSR count). The van der Waals surface area contributed by atoms with Crippen molar-refractivity contribution in [3.05, 3.63) is 54.1 Å². The fourth-order valence-corrected chi connectivity index (χ4v) is 2.53. The normalized spacial score (nSPS) is 10.4. The summed E-state index contributed by atoms with van der Waals surface area (Å²) in [5, 5.41) is 0. The van der Waals surface area contributed by atoms with Gasteiger partial charge in [-0.3, -0.25) is 0 Å². The third-order valence-electron chi connectivity index (χ3n) is 2.70. The monoisotopic (exact) mass is 273 g/mol. The molecule has 0 saturated heterocycles. The topological polar surface area (TPSA) is 35.2 Å². The van der Waals surface area contributed by atoms with Gasteiger partial charge in [-0.05, 0) is 55.3 Å². The molecule has 0 aromatic heterocycles. The lowest BCUT2D eigenvalue weighted by atomic mass is 10.2. The molecule has 0 saturated carbocycles. The summed E-state index contributed by atoms with van der Waals surface area (Å²) >= 11 is 1.83. The predicted molar refractivity (Wildman–Crippen MR) is 82.9 cm³/mol. The van der Waals surface area contributed by atoms with Crippen LogP contribution in [0.5, 0.6) is 5.75 Å². The van der Waals surface area contributed by atoms with Gasteiger partial charge in [-0.2, -0.15) is 0 Å². The van der Waals surface area contributed by atoms with Gasteiger partial charge in [-0.15, -0.1) is 11.8 Å². The number of nitrogen functional groups attached to an aromatic ring is 1. The molecule has 0 aliphatic heterocycles. The first-order chi connectivity index (χ1) is 9.24. The summed E-state index contributed by atoms with van der Waals surface area (Å²) in [5.74, 6) is 2.01. The van der Waals surface area contributed by atoms with Crippen molar-refractivity contribution in [3.8, 4) is 5.75 Å². The summed E-state index contributed by atoms with van der Waals surface area (Å²) < 4.78 is 5.71. The molecule has 3 heteroatoms. The van der Waals surface area contributed by atoms with E-state index < -0.39 is 0 Å². The minimum absolute atomic E-state index is 0.755. The first-order valence-corrected chi connectivity index (χ1v) is 7.40. The molecule has 0 spiro atoms. The van der Waals surface area contributed by atoms with Crippen LogP contribution in [-0.2, 0) is 0 Å². The predicted octanol–water partition coefficient (Wildman–Crippen LogP) is 4.14. The first kappa shape index (κ1) is 13.8. The van der Waals surface area contributed by atoms with Gasteiger partial charge in [0.1, 0.15) is 5.75 Å². The van der Waals surface area contributed by atoms with Crippen LogP contribution in [0.15, 0.2) is 53.4 Å². The molecule has 0 radical (unpaired) electrons. The summed E-state index contributed by atoms with van der Waals surface area (Å²) in [4.78, 5) is 1.25. The Hall–Kier alpha value is -1.61. The minimum atomic E-state index is 0.755. The van der Waals surface area contributed by atoms with Gasteiger partial charge in [0.15, 0.2) is 0 Å². The molecule has 19 heavy (non-hydrogen) atoms. The highest BCUT2D eigenvalue weighted by molar-refractivity contribution is 7.99. The Labute approximate surface area is 119 Å². The maximum absolute atomic E-state index is 5.71. The molecule has 0 aliphatic carbocycles. The number of hydrogen-bond acceptors (Lipinski definition) is 3. The van der Waals surface area contributed by atoms with Crippen molar-refractivity contribution >= 4 is 17.4 Å². The molecule has 2 aromatic rings. The van der Waals surface area contributed by atoms with E-state index in [-0.39, 0.29) is 0 Å². The average molecular weight is 273 g/mol. The second-order valence-corrected chi connectivity index (χ2v) is 5.60. The van der Waals surface area contributed by atoms with Crippen molar-refractivity contribution in [1.29, 1.82) is 0 Å². The van der Waals surface area contributed by atoms with Crippen LogP contribution >= 0.6 is 11.8 Å². The van der Waals surface area contributed by atoms with E-state index in [4.69, 9.17) is 10.5 Å². The van der Waals surface area contributed by atoms with Crippen molar-refractivity contribution in [2.75, 3.05) is 18.1 Å². The second-order valence-electron chi connectivity index (χ2n) is 4.44. The number of benzene rings is 2. The number of aryl methyl sites for hydroxylation is 1. The zero-order valence-electron chi connectivity index (χ0n) is 11.1. The lowest BCUT2D eigenvalue weighted by molar-refractivity contribution is 0.318. The average Bonchev–Trinajstić information content (AvgIpc) is 2.41. The van der Waals surface area contributed by atoms with Crippen molar-refractivity contribution < 1.29 is 4.74 Å². The number of rotatable bonds is 6. The Morgan fingerprint density at radius 3 is 2.63 bits per heavy atom. The lowest BCUT2D eigenvalue weighted by Gasteiger charge is -2.06. The van der Waals surface area contributed by atoms with Gasteiger partial charge < -0.3 is 10.5 Å². The van der Waals surface area contributed by atoms with Gasteiger partial charge >= 0.3 is 0 Å². The largest absolute Gasteiger partial charge is 0.494 e. The molecule has 2 nitrogen and oxygen atoms in total. The molecule has 100 valence electrons. The van der Waals surface area contributed by atoms with Gasteiger partial charge in [0, 0.05) is 16.3 Å². The van der Waals surface area contributed by atoms with E-state index >= 15 is 0 Å². The molecule has 0 heterocycles. The van der Waals surface area contributed by atoms with Crippen LogP contribution in [0.4, 0.5) is 5.69 Å². The molecule has 0 amide bonds. The maximum Gasteiger partial charge on any atom is 0.119 e. The quantitative estimate of drug-likeness (QED) is 0.488. The third-order valence-corrected chi connectivity index (χ3v) is 3.79. The summed E-state index contributed by atoms with van der Waals surface area (Å²) in [7, 11) is 0. The molecule has 2 aromatic carbocycles. The molecule has 0 aliphatic rings. The number of ether oxygens (including phenoxy) is 1. The molecule has 2 N–H and O–H groups in total. The number of hydrogen-bond donors (Lipinski definition) is 1. The molecule has 0 fully saturated rings. The van der Waals surface area contributed by atoms with E-state index in [1.807, 2.05) is 36.0 Å². The first-order valence-electron chi connectivity index (χ1n) is 6.42. The summed E-state index contributed by atoms with van der Waals surface area (Å²) in [6.45, 7) is 2.83. The van der Waals surface area contributed by atoms with Crippen molar-refractivity contribution in [2.24, 2.45) is 0 Å². The van der Waals surface area contributed by atoms with Crippen LogP contribution in [0.1, 0.15) is 12.0 Å². The number of thioether (sulfide) groups is 1. The molecular weight excluding hydrogens is 254 g/mol. The van der Waals surface area contributed by atoms with E-state index in [2.05, 4.69) is 31.2 Å². The van der Waals surface area contributed by atoms with Crippen LogP contribution in [0.25, 0.3) is 0 Å². The standard InChI is InChI=1S/C16H19NOS/c1-13-4-2-5-15(12-13)18-10-3-11-19-16-8-6-14(17)7-9-16/h2,4-9,12H,3,10-11,17H2,1H3. The maximum atomic E-state index is 5.71.